The van der Waals surface area contributed by atoms with Crippen molar-refractivity contribution in [1.29, 1.82) is 0 Å². The molecule has 3 atom stereocenters. The molecular formula is C77H79SiZr2. The maximum Gasteiger partial charge on any atom is -0.00258 e. The van der Waals surface area contributed by atoms with Gasteiger partial charge in [-0.25, -0.2) is 0 Å². The molecule has 0 aromatic heterocycles. The number of allylic oxidation sites excluding steroid dienone is 12. The van der Waals surface area contributed by atoms with Crippen molar-refractivity contribution in [2.45, 2.75) is 89.9 Å². The second-order valence-electron chi connectivity index (χ2n) is 23.9. The van der Waals surface area contributed by atoms with Gasteiger partial charge < -0.3 is 0 Å². The molecule has 8 aromatic rings. The van der Waals surface area contributed by atoms with Gasteiger partial charge in [-0.05, 0) is 17.5 Å². The fourth-order valence-corrected chi connectivity index (χ4v) is 44.9. The van der Waals surface area contributed by atoms with Crippen LogP contribution in [0.2, 0.25) is 13.1 Å². The zero-order valence-electron chi connectivity index (χ0n) is 48.6. The average Bonchev–Trinajstić information content (AvgIpc) is 4.41. The van der Waals surface area contributed by atoms with Gasteiger partial charge in [-0.2, -0.15) is 0 Å². The van der Waals surface area contributed by atoms with Gasteiger partial charge in [0.2, 0.25) is 0 Å². The van der Waals surface area contributed by atoms with E-state index in [1.807, 2.05) is 6.56 Å². The molecule has 0 radical (unpaired) electrons. The fraction of sp³-hybridized carbons (Fsp3) is 0.221. The van der Waals surface area contributed by atoms with E-state index in [2.05, 4.69) is 297 Å². The van der Waals surface area contributed by atoms with Gasteiger partial charge in [0.1, 0.15) is 0 Å². The second kappa shape index (κ2) is 24.7. The Morgan fingerprint density at radius 3 is 1.29 bits per heavy atom. The third kappa shape index (κ3) is 11.3. The van der Waals surface area contributed by atoms with Crippen molar-refractivity contribution in [2.75, 3.05) is 0 Å². The summed E-state index contributed by atoms with van der Waals surface area (Å²) in [6.07, 6.45) is 9.02. The van der Waals surface area contributed by atoms with E-state index in [1.165, 1.54) is 55.5 Å². The quantitative estimate of drug-likeness (QED) is 0.107. The van der Waals surface area contributed by atoms with Crippen LogP contribution in [0.3, 0.4) is 0 Å². The second-order valence-corrected chi connectivity index (χ2v) is 43.9. The van der Waals surface area contributed by atoms with Crippen LogP contribution in [0.1, 0.15) is 98.4 Å². The molecule has 399 valence electrons. The summed E-state index contributed by atoms with van der Waals surface area (Å²) in [5.41, 5.74) is 23.2. The van der Waals surface area contributed by atoms with Crippen LogP contribution in [-0.4, -0.2) is 8.07 Å². The Kier molecular flexibility index (Phi) is 17.3. The number of hydrogen-bond acceptors (Lipinski definition) is 0. The first-order valence-electron chi connectivity index (χ1n) is 29.5. The molecule has 13 rings (SSSR count). The van der Waals surface area contributed by atoms with Gasteiger partial charge in [0.25, 0.3) is 0 Å². The Bertz CT molecular complexity index is 3500. The van der Waals surface area contributed by atoms with E-state index in [0.29, 0.717) is 17.8 Å². The average molecular weight is 1220 g/mol. The normalized spacial score (nSPS) is 18.9. The summed E-state index contributed by atoms with van der Waals surface area (Å²) in [7, 11) is -1.75. The van der Waals surface area contributed by atoms with Crippen molar-refractivity contribution in [3.8, 4) is 11.1 Å². The van der Waals surface area contributed by atoms with Crippen molar-refractivity contribution in [2.24, 2.45) is 11.8 Å². The monoisotopic (exact) mass is 1210 g/mol. The molecule has 4 bridgehead atoms. The van der Waals surface area contributed by atoms with Gasteiger partial charge in [0.15, 0.2) is 0 Å². The molecule has 0 saturated carbocycles. The smallest absolute Gasteiger partial charge is 0.00258 e. The first-order chi connectivity index (χ1) is 38.9. The summed E-state index contributed by atoms with van der Waals surface area (Å²) in [4.78, 5) is 0. The molecule has 0 saturated heterocycles. The van der Waals surface area contributed by atoms with Gasteiger partial charge in [-0.15, -0.1) is 0 Å². The van der Waals surface area contributed by atoms with Crippen molar-refractivity contribution < 1.29 is 42.0 Å². The number of rotatable bonds is 12. The largest absolute Gasteiger partial charge is 0.0622 e. The van der Waals surface area contributed by atoms with Crippen LogP contribution in [0, 0.1) is 11.8 Å². The number of benzene rings is 8. The van der Waals surface area contributed by atoms with E-state index < -0.39 is 50.1 Å². The summed E-state index contributed by atoms with van der Waals surface area (Å²) in [5, 5.41) is 3.58. The Labute approximate surface area is 493 Å². The maximum absolute atomic E-state index is 3.21. The minimum atomic E-state index is -3.21. The van der Waals surface area contributed by atoms with Gasteiger partial charge in [0, 0.05) is 0 Å². The molecule has 5 aliphatic rings. The van der Waals surface area contributed by atoms with Crippen molar-refractivity contribution in [1.82, 2.24) is 0 Å². The topological polar surface area (TPSA) is 0 Å². The van der Waals surface area contributed by atoms with Crippen LogP contribution in [0.4, 0.5) is 0 Å². The van der Waals surface area contributed by atoms with Crippen molar-refractivity contribution in [3.05, 3.63) is 332 Å². The predicted octanol–water partition coefficient (Wildman–Crippen LogP) is 19.4. The zero-order chi connectivity index (χ0) is 55.4. The summed E-state index contributed by atoms with van der Waals surface area (Å²) in [5.74, 6) is 1.60. The molecule has 1 heterocycles. The molecule has 80 heavy (non-hydrogen) atoms. The molecule has 4 aliphatic carbocycles. The van der Waals surface area contributed by atoms with E-state index in [1.54, 1.807) is 58.2 Å². The number of fused-ring (bicyclic) bond motifs is 5. The molecule has 0 nitrogen and oxygen atoms in total. The SMILES string of the molecule is C1=CCC(C2c3ccccc3-c3ccc[c]([Zr]([CH2]c4ccccc4)[CH2]c4ccccc4)c32)=C1.CC1=[C]2C(C)C(C)=C1[Si](C)(C)C1=C(C)C(C)[C](=C1C)[Zr]2([CH2]c1ccccc1)[CH2]c1ccccc1.c1ccc(Cc2ccccc2)cc1. The molecule has 3 unspecified atom stereocenters. The predicted molar refractivity (Wildman–Crippen MR) is 338 cm³/mol. The molecule has 8 aromatic carbocycles. The number of hydrogen-bond donors (Lipinski definition) is 0. The summed E-state index contributed by atoms with van der Waals surface area (Å²) in [6, 6.07) is 82.6. The molecule has 0 N–H and O–H groups in total. The minimum absolute atomic E-state index is 0.407. The Balaban J connectivity index is 0.000000138. The van der Waals surface area contributed by atoms with Crippen LogP contribution in [0.15, 0.2) is 288 Å². The van der Waals surface area contributed by atoms with Crippen LogP contribution in [-0.2, 0) is 65.0 Å². The van der Waals surface area contributed by atoms with Gasteiger partial charge in [-0.3, -0.25) is 0 Å². The van der Waals surface area contributed by atoms with Crippen LogP contribution < -0.4 is 3.27 Å². The third-order valence-corrected chi connectivity index (χ3v) is 43.7. The first-order valence-corrected chi connectivity index (χ1v) is 43.1. The standard InChI is InChI=1S/C18H26Si.C18H13.C13H12.4C7H7.2Zr/c1-11-9-13(3)17(15(11)5)19(7,8)18-14(4)10-12(2)16(18)6;1-2-8-13(7-1)18-16-11-5-3-9-14(16)15-10-4-6-12-17(15)18;1-3-7-12(8-4-1)11-13-9-5-2-6-10-13;4*1-7-5-3-2-4-6-7;;/h11-12H,1-8H3;1-7,9-11,18H,8H2;1-10H,11H2;4*2-6H,1H2;;. The Morgan fingerprint density at radius 1 is 0.450 bits per heavy atom. The van der Waals surface area contributed by atoms with Crippen molar-refractivity contribution in [3.63, 3.8) is 0 Å². The van der Waals surface area contributed by atoms with Crippen LogP contribution in [0.25, 0.3) is 11.1 Å². The maximum atomic E-state index is 2.64. The molecule has 0 amide bonds. The van der Waals surface area contributed by atoms with Crippen molar-refractivity contribution >= 4 is 11.3 Å². The zero-order valence-corrected chi connectivity index (χ0v) is 54.5. The Morgan fingerprint density at radius 2 is 0.850 bits per heavy atom. The van der Waals surface area contributed by atoms with Gasteiger partial charge in [-0.1, -0.05) is 60.7 Å². The molecule has 3 heteroatoms. The molecule has 0 fully saturated rings. The summed E-state index contributed by atoms with van der Waals surface area (Å²) >= 11 is -5.30. The van der Waals surface area contributed by atoms with E-state index >= 15 is 0 Å². The third-order valence-electron chi connectivity index (χ3n) is 18.6. The van der Waals surface area contributed by atoms with E-state index in [-0.39, 0.29) is 0 Å². The van der Waals surface area contributed by atoms with E-state index in [4.69, 9.17) is 0 Å². The molecule has 0 spiro atoms. The Hall–Kier alpha value is -5.82. The summed E-state index contributed by atoms with van der Waals surface area (Å²) in [6.45, 7) is 20.4. The molecule has 1 aliphatic heterocycles. The first kappa shape index (κ1) is 56.1. The van der Waals surface area contributed by atoms with Crippen LogP contribution >= 0.6 is 0 Å². The van der Waals surface area contributed by atoms with Gasteiger partial charge in [0.05, 0.1) is 0 Å². The van der Waals surface area contributed by atoms with Crippen LogP contribution in [0.5, 0.6) is 0 Å². The van der Waals surface area contributed by atoms with E-state index in [9.17, 15) is 0 Å². The van der Waals surface area contributed by atoms with E-state index in [0.717, 1.165) is 12.8 Å². The fourth-order valence-electron chi connectivity index (χ4n) is 15.4. The molecular weight excluding hydrogens is 1140 g/mol. The van der Waals surface area contributed by atoms with Gasteiger partial charge >= 0.3 is 420 Å². The summed E-state index contributed by atoms with van der Waals surface area (Å²) < 4.78 is 10.6. The minimum Gasteiger partial charge on any atom is -0.0622 e.